The SMILES string of the molecule is CC.CC.Cc1ccc(N)cc1.Cc1ccccc1. The van der Waals surface area contributed by atoms with Gasteiger partial charge in [0.1, 0.15) is 0 Å². The fraction of sp³-hybridized carbons (Fsp3) is 0.333. The van der Waals surface area contributed by atoms with E-state index in [9.17, 15) is 0 Å². The summed E-state index contributed by atoms with van der Waals surface area (Å²) in [7, 11) is 0. The summed E-state index contributed by atoms with van der Waals surface area (Å²) in [5.74, 6) is 0. The van der Waals surface area contributed by atoms with Crippen LogP contribution in [0.5, 0.6) is 0 Å². The van der Waals surface area contributed by atoms with Crippen molar-refractivity contribution in [3.05, 3.63) is 65.7 Å². The molecule has 0 saturated carbocycles. The highest BCUT2D eigenvalue weighted by Crippen LogP contribution is 2.02. The van der Waals surface area contributed by atoms with E-state index in [-0.39, 0.29) is 0 Å². The molecule has 19 heavy (non-hydrogen) atoms. The molecule has 0 aliphatic rings. The summed E-state index contributed by atoms with van der Waals surface area (Å²) in [6, 6.07) is 18.0. The number of rotatable bonds is 0. The Balaban J connectivity index is 0. The van der Waals surface area contributed by atoms with E-state index in [1.54, 1.807) is 0 Å². The Morgan fingerprint density at radius 1 is 0.579 bits per heavy atom. The van der Waals surface area contributed by atoms with Gasteiger partial charge in [0.15, 0.2) is 0 Å². The van der Waals surface area contributed by atoms with Gasteiger partial charge in [-0.25, -0.2) is 0 Å². The van der Waals surface area contributed by atoms with Crippen molar-refractivity contribution in [3.63, 3.8) is 0 Å². The van der Waals surface area contributed by atoms with Crippen LogP contribution in [0.2, 0.25) is 0 Å². The predicted molar refractivity (Wildman–Crippen MR) is 89.5 cm³/mol. The predicted octanol–water partition coefficient (Wildman–Crippen LogP) is 5.62. The van der Waals surface area contributed by atoms with E-state index >= 15 is 0 Å². The summed E-state index contributed by atoms with van der Waals surface area (Å²) in [5.41, 5.74) is 8.83. The van der Waals surface area contributed by atoms with Crippen LogP contribution in [-0.4, -0.2) is 0 Å². The molecule has 0 aliphatic carbocycles. The summed E-state index contributed by atoms with van der Waals surface area (Å²) in [6.07, 6.45) is 0. The number of aryl methyl sites for hydroxylation is 2. The first-order valence-electron chi connectivity index (χ1n) is 7.02. The zero-order valence-electron chi connectivity index (χ0n) is 13.3. The second-order valence-corrected chi connectivity index (χ2v) is 3.57. The number of hydrogen-bond donors (Lipinski definition) is 1. The number of benzene rings is 2. The molecule has 0 radical (unpaired) electrons. The molecule has 0 unspecified atom stereocenters. The number of nitrogen functional groups attached to an aromatic ring is 1. The zero-order valence-corrected chi connectivity index (χ0v) is 13.3. The Labute approximate surface area is 119 Å². The molecule has 2 N–H and O–H groups in total. The van der Waals surface area contributed by atoms with Crippen LogP contribution in [0, 0.1) is 13.8 Å². The van der Waals surface area contributed by atoms with Crippen molar-refractivity contribution in [1.82, 2.24) is 0 Å². The maximum absolute atomic E-state index is 5.43. The first kappa shape index (κ1) is 19.6. The Morgan fingerprint density at radius 3 is 1.21 bits per heavy atom. The third-order valence-electron chi connectivity index (χ3n) is 2.02. The van der Waals surface area contributed by atoms with Crippen LogP contribution in [0.4, 0.5) is 5.69 Å². The lowest BCUT2D eigenvalue weighted by Crippen LogP contribution is -1.81. The van der Waals surface area contributed by atoms with Crippen molar-refractivity contribution >= 4 is 5.69 Å². The van der Waals surface area contributed by atoms with Crippen LogP contribution in [0.3, 0.4) is 0 Å². The van der Waals surface area contributed by atoms with Gasteiger partial charge in [-0.3, -0.25) is 0 Å². The van der Waals surface area contributed by atoms with Crippen molar-refractivity contribution in [3.8, 4) is 0 Å². The molecular formula is C18H29N. The molecule has 0 bridgehead atoms. The zero-order chi connectivity index (χ0) is 15.1. The molecule has 0 saturated heterocycles. The molecule has 2 aromatic carbocycles. The molecule has 0 heterocycles. The second kappa shape index (κ2) is 14.3. The minimum Gasteiger partial charge on any atom is -0.399 e. The van der Waals surface area contributed by atoms with E-state index in [0.717, 1.165) is 5.69 Å². The van der Waals surface area contributed by atoms with Gasteiger partial charge in [-0.2, -0.15) is 0 Å². The van der Waals surface area contributed by atoms with E-state index in [1.807, 2.05) is 77.1 Å². The molecule has 106 valence electrons. The Morgan fingerprint density at radius 2 is 0.947 bits per heavy atom. The first-order valence-corrected chi connectivity index (χ1v) is 7.02. The number of anilines is 1. The van der Waals surface area contributed by atoms with Crippen LogP contribution in [0.15, 0.2) is 54.6 Å². The van der Waals surface area contributed by atoms with Crippen molar-refractivity contribution < 1.29 is 0 Å². The van der Waals surface area contributed by atoms with Gasteiger partial charge in [-0.15, -0.1) is 0 Å². The smallest absolute Gasteiger partial charge is 0.0314 e. The van der Waals surface area contributed by atoms with E-state index in [4.69, 9.17) is 5.73 Å². The molecule has 0 fully saturated rings. The lowest BCUT2D eigenvalue weighted by molar-refractivity contribution is 1.47. The molecule has 0 amide bonds. The van der Waals surface area contributed by atoms with Gasteiger partial charge in [0.25, 0.3) is 0 Å². The summed E-state index contributed by atoms with van der Waals surface area (Å²) in [6.45, 7) is 12.1. The third kappa shape index (κ3) is 12.5. The molecule has 1 heteroatoms. The van der Waals surface area contributed by atoms with Gasteiger partial charge in [0.2, 0.25) is 0 Å². The van der Waals surface area contributed by atoms with Gasteiger partial charge in [-0.05, 0) is 26.0 Å². The standard InChI is InChI=1S/C7H9N.C7H8.2C2H6/c1-6-2-4-7(8)5-3-6;1-7-5-3-2-4-6-7;2*1-2/h2-5H,8H2,1H3;2-6H,1H3;2*1-2H3. The van der Waals surface area contributed by atoms with Crippen molar-refractivity contribution in [2.45, 2.75) is 41.5 Å². The first-order chi connectivity index (χ1) is 9.18. The normalized spacial score (nSPS) is 7.68. The highest BCUT2D eigenvalue weighted by molar-refractivity contribution is 5.38. The van der Waals surface area contributed by atoms with Crippen molar-refractivity contribution in [1.29, 1.82) is 0 Å². The Bertz CT molecular complexity index is 355. The molecule has 0 aromatic heterocycles. The highest BCUT2D eigenvalue weighted by Gasteiger charge is 1.80. The molecule has 0 atom stereocenters. The van der Waals surface area contributed by atoms with Crippen LogP contribution < -0.4 is 5.73 Å². The van der Waals surface area contributed by atoms with Crippen molar-refractivity contribution in [2.24, 2.45) is 0 Å². The average molecular weight is 259 g/mol. The lowest BCUT2D eigenvalue weighted by atomic mass is 10.2. The maximum Gasteiger partial charge on any atom is 0.0314 e. The van der Waals surface area contributed by atoms with Gasteiger partial charge < -0.3 is 5.73 Å². The largest absolute Gasteiger partial charge is 0.399 e. The molecule has 2 rings (SSSR count). The minimum atomic E-state index is 0.829. The van der Waals surface area contributed by atoms with E-state index in [2.05, 4.69) is 19.1 Å². The van der Waals surface area contributed by atoms with Gasteiger partial charge in [0, 0.05) is 5.69 Å². The summed E-state index contributed by atoms with van der Waals surface area (Å²) in [4.78, 5) is 0. The Kier molecular flexibility index (Phi) is 14.7. The van der Waals surface area contributed by atoms with E-state index in [0.29, 0.717) is 0 Å². The minimum absolute atomic E-state index is 0.829. The van der Waals surface area contributed by atoms with Crippen LogP contribution in [0.25, 0.3) is 0 Å². The van der Waals surface area contributed by atoms with Crippen molar-refractivity contribution in [2.75, 3.05) is 5.73 Å². The van der Waals surface area contributed by atoms with Crippen LogP contribution >= 0.6 is 0 Å². The van der Waals surface area contributed by atoms with Gasteiger partial charge in [0.05, 0.1) is 0 Å². The van der Waals surface area contributed by atoms with Gasteiger partial charge >= 0.3 is 0 Å². The molecule has 0 aliphatic heterocycles. The third-order valence-corrected chi connectivity index (χ3v) is 2.02. The Hall–Kier alpha value is -1.76. The topological polar surface area (TPSA) is 26.0 Å². The monoisotopic (exact) mass is 259 g/mol. The number of nitrogens with two attached hydrogens (primary N) is 1. The van der Waals surface area contributed by atoms with Crippen LogP contribution in [0.1, 0.15) is 38.8 Å². The molecule has 2 aromatic rings. The molecular weight excluding hydrogens is 230 g/mol. The molecule has 1 nitrogen and oxygen atoms in total. The summed E-state index contributed by atoms with van der Waals surface area (Å²) >= 11 is 0. The van der Waals surface area contributed by atoms with Crippen LogP contribution in [-0.2, 0) is 0 Å². The van der Waals surface area contributed by atoms with Gasteiger partial charge in [-0.1, -0.05) is 81.3 Å². The number of hydrogen-bond acceptors (Lipinski definition) is 1. The fourth-order valence-electron chi connectivity index (χ4n) is 1.10. The quantitative estimate of drug-likeness (QED) is 0.610. The lowest BCUT2D eigenvalue weighted by Gasteiger charge is -1.90. The highest BCUT2D eigenvalue weighted by atomic mass is 14.5. The summed E-state index contributed by atoms with van der Waals surface area (Å²) < 4.78 is 0. The second-order valence-electron chi connectivity index (χ2n) is 3.57. The molecule has 0 spiro atoms. The maximum atomic E-state index is 5.43. The summed E-state index contributed by atoms with van der Waals surface area (Å²) in [5, 5.41) is 0. The van der Waals surface area contributed by atoms with E-state index in [1.165, 1.54) is 11.1 Å². The fourth-order valence-corrected chi connectivity index (χ4v) is 1.10. The average Bonchev–Trinajstić information content (AvgIpc) is 2.48. The van der Waals surface area contributed by atoms with E-state index < -0.39 is 0 Å².